The van der Waals surface area contributed by atoms with Gasteiger partial charge in [0, 0.05) is 5.56 Å². The number of fused-ring (bicyclic) bond motifs is 1. The summed E-state index contributed by atoms with van der Waals surface area (Å²) in [5.74, 6) is 0.0717. The van der Waals surface area contributed by atoms with Gasteiger partial charge in [0.1, 0.15) is 6.61 Å². The third-order valence-electron chi connectivity index (χ3n) is 2.35. The van der Waals surface area contributed by atoms with Crippen molar-refractivity contribution < 1.29 is 14.0 Å². The second kappa shape index (κ2) is 3.55. The maximum absolute atomic E-state index is 13.5. The largest absolute Gasteiger partial charge is 0.488 e. The van der Waals surface area contributed by atoms with Crippen LogP contribution in [0.2, 0.25) is 0 Å². The van der Waals surface area contributed by atoms with Gasteiger partial charge in [0.25, 0.3) is 0 Å². The summed E-state index contributed by atoms with van der Waals surface area (Å²) >= 11 is 0. The Morgan fingerprint density at radius 3 is 3.07 bits per heavy atom. The van der Waals surface area contributed by atoms with Crippen LogP contribution in [0.5, 0.6) is 5.75 Å². The summed E-state index contributed by atoms with van der Waals surface area (Å²) in [5, 5.41) is 0. The summed E-state index contributed by atoms with van der Waals surface area (Å²) in [5.41, 5.74) is 4.17. The molecule has 0 fully saturated rings. The molecule has 3 nitrogen and oxygen atoms in total. The van der Waals surface area contributed by atoms with E-state index in [1.54, 1.807) is 13.0 Å². The van der Waals surface area contributed by atoms with Crippen molar-refractivity contribution in [3.05, 3.63) is 29.1 Å². The number of nitrogens with one attached hydrogen (secondary N) is 1. The van der Waals surface area contributed by atoms with Gasteiger partial charge in [-0.2, -0.15) is 5.48 Å². The van der Waals surface area contributed by atoms with Gasteiger partial charge in [-0.25, -0.2) is 4.39 Å². The van der Waals surface area contributed by atoms with Gasteiger partial charge in [0.15, 0.2) is 11.6 Å². The quantitative estimate of drug-likeness (QED) is 0.732. The topological polar surface area (TPSA) is 30.5 Å². The second-order valence-electron chi connectivity index (χ2n) is 3.30. The number of ether oxygens (including phenoxy) is 1. The van der Waals surface area contributed by atoms with Gasteiger partial charge in [0.05, 0.1) is 13.2 Å². The normalized spacial score (nSPS) is 19.2. The van der Waals surface area contributed by atoms with Gasteiger partial charge in [-0.3, -0.25) is 0 Å². The van der Waals surface area contributed by atoms with Crippen LogP contribution in [-0.2, 0) is 4.84 Å². The van der Waals surface area contributed by atoms with Gasteiger partial charge < -0.3 is 9.57 Å². The van der Waals surface area contributed by atoms with E-state index in [-0.39, 0.29) is 11.9 Å². The molecule has 1 heterocycles. The molecule has 2 rings (SSSR count). The van der Waals surface area contributed by atoms with E-state index in [4.69, 9.17) is 9.57 Å². The summed E-state index contributed by atoms with van der Waals surface area (Å²) in [7, 11) is 1.53. The fourth-order valence-electron chi connectivity index (χ4n) is 1.59. The van der Waals surface area contributed by atoms with Crippen molar-refractivity contribution >= 4 is 0 Å². The van der Waals surface area contributed by atoms with E-state index >= 15 is 0 Å². The number of aryl methyl sites for hydroxylation is 1. The summed E-state index contributed by atoms with van der Waals surface area (Å²) in [4.78, 5) is 4.80. The van der Waals surface area contributed by atoms with E-state index in [1.165, 1.54) is 7.11 Å². The van der Waals surface area contributed by atoms with Crippen molar-refractivity contribution in [1.29, 1.82) is 0 Å². The van der Waals surface area contributed by atoms with E-state index in [9.17, 15) is 4.39 Å². The summed E-state index contributed by atoms with van der Waals surface area (Å²) < 4.78 is 18.8. The highest BCUT2D eigenvalue weighted by atomic mass is 19.1. The highest BCUT2D eigenvalue weighted by Crippen LogP contribution is 2.35. The number of benzene rings is 1. The maximum atomic E-state index is 13.5. The first kappa shape index (κ1) is 9.43. The van der Waals surface area contributed by atoms with Crippen LogP contribution in [0.15, 0.2) is 12.1 Å². The molecule has 1 aromatic rings. The molecule has 0 radical (unpaired) electrons. The lowest BCUT2D eigenvalue weighted by Gasteiger charge is -2.08. The van der Waals surface area contributed by atoms with Gasteiger partial charge in [-0.15, -0.1) is 0 Å². The second-order valence-corrected chi connectivity index (χ2v) is 3.30. The molecule has 0 aromatic heterocycles. The molecule has 1 N–H and O–H groups in total. The monoisotopic (exact) mass is 197 g/mol. The standard InChI is InChI=1S/C10H12FNO2/c1-6-3-4-7-8(12-13-2)5-14-10(7)9(6)11/h3-4,8,12H,5H2,1-2H3. The fourth-order valence-corrected chi connectivity index (χ4v) is 1.59. The van der Waals surface area contributed by atoms with E-state index in [0.717, 1.165) is 5.56 Å². The smallest absolute Gasteiger partial charge is 0.168 e. The van der Waals surface area contributed by atoms with Crippen LogP contribution < -0.4 is 10.2 Å². The minimum Gasteiger partial charge on any atom is -0.488 e. The van der Waals surface area contributed by atoms with Crippen LogP contribution in [0.3, 0.4) is 0 Å². The lowest BCUT2D eigenvalue weighted by molar-refractivity contribution is 0.0534. The highest BCUT2D eigenvalue weighted by molar-refractivity contribution is 5.43. The molecule has 0 aliphatic carbocycles. The van der Waals surface area contributed by atoms with E-state index in [0.29, 0.717) is 17.9 Å². The van der Waals surface area contributed by atoms with E-state index in [2.05, 4.69) is 5.48 Å². The molecule has 0 bridgehead atoms. The molecule has 0 saturated carbocycles. The van der Waals surface area contributed by atoms with Gasteiger partial charge in [0.2, 0.25) is 0 Å². The Morgan fingerprint density at radius 1 is 1.57 bits per heavy atom. The minimum absolute atomic E-state index is 0.0786. The predicted molar refractivity (Wildman–Crippen MR) is 49.5 cm³/mol. The Hall–Kier alpha value is -1.13. The molecular formula is C10H12FNO2. The number of hydrogen-bond acceptors (Lipinski definition) is 3. The van der Waals surface area contributed by atoms with Gasteiger partial charge >= 0.3 is 0 Å². The number of hydrogen-bond donors (Lipinski definition) is 1. The summed E-state index contributed by atoms with van der Waals surface area (Å²) in [6.45, 7) is 2.12. The van der Waals surface area contributed by atoms with Crippen molar-refractivity contribution in [2.75, 3.05) is 13.7 Å². The first-order valence-electron chi connectivity index (χ1n) is 4.44. The minimum atomic E-state index is -0.275. The summed E-state index contributed by atoms with van der Waals surface area (Å²) in [6.07, 6.45) is 0. The van der Waals surface area contributed by atoms with Crippen molar-refractivity contribution in [1.82, 2.24) is 5.48 Å². The van der Waals surface area contributed by atoms with Crippen LogP contribution >= 0.6 is 0 Å². The van der Waals surface area contributed by atoms with Crippen molar-refractivity contribution in [2.24, 2.45) is 0 Å². The van der Waals surface area contributed by atoms with E-state index in [1.807, 2.05) is 6.07 Å². The summed E-state index contributed by atoms with van der Waals surface area (Å²) in [6, 6.07) is 3.52. The molecule has 1 aliphatic rings. The number of rotatable bonds is 2. The van der Waals surface area contributed by atoms with Crippen LogP contribution in [0.4, 0.5) is 4.39 Å². The zero-order valence-corrected chi connectivity index (χ0v) is 8.13. The molecule has 1 atom stereocenters. The maximum Gasteiger partial charge on any atom is 0.168 e. The Kier molecular flexibility index (Phi) is 2.39. The SMILES string of the molecule is CONC1COc2c1ccc(C)c2F. The molecule has 1 unspecified atom stereocenters. The number of halogens is 1. The van der Waals surface area contributed by atoms with Gasteiger partial charge in [-0.1, -0.05) is 12.1 Å². The highest BCUT2D eigenvalue weighted by Gasteiger charge is 2.27. The zero-order valence-electron chi connectivity index (χ0n) is 8.13. The first-order chi connectivity index (χ1) is 6.74. The molecule has 1 aliphatic heterocycles. The Balaban J connectivity index is 2.37. The molecule has 0 spiro atoms. The van der Waals surface area contributed by atoms with Crippen LogP contribution in [0.25, 0.3) is 0 Å². The van der Waals surface area contributed by atoms with Crippen LogP contribution in [0.1, 0.15) is 17.2 Å². The molecule has 14 heavy (non-hydrogen) atoms. The average molecular weight is 197 g/mol. The molecule has 0 saturated heterocycles. The van der Waals surface area contributed by atoms with Crippen molar-refractivity contribution in [3.63, 3.8) is 0 Å². The lowest BCUT2D eigenvalue weighted by atomic mass is 10.1. The Bertz CT molecular complexity index is 354. The molecule has 76 valence electrons. The van der Waals surface area contributed by atoms with E-state index < -0.39 is 0 Å². The fraction of sp³-hybridized carbons (Fsp3) is 0.400. The molecule has 4 heteroatoms. The number of hydroxylamine groups is 1. The first-order valence-corrected chi connectivity index (χ1v) is 4.44. The van der Waals surface area contributed by atoms with Crippen molar-refractivity contribution in [3.8, 4) is 5.75 Å². The average Bonchev–Trinajstić information content (AvgIpc) is 2.57. The molecular weight excluding hydrogens is 185 g/mol. The molecule has 1 aromatic carbocycles. The van der Waals surface area contributed by atoms with Crippen LogP contribution in [-0.4, -0.2) is 13.7 Å². The third-order valence-corrected chi connectivity index (χ3v) is 2.35. The Morgan fingerprint density at radius 2 is 2.36 bits per heavy atom. The third kappa shape index (κ3) is 1.36. The van der Waals surface area contributed by atoms with Gasteiger partial charge in [-0.05, 0) is 12.5 Å². The lowest BCUT2D eigenvalue weighted by Crippen LogP contribution is -2.20. The predicted octanol–water partition coefficient (Wildman–Crippen LogP) is 1.72. The zero-order chi connectivity index (χ0) is 10.1. The molecule has 0 amide bonds. The van der Waals surface area contributed by atoms with Crippen LogP contribution in [0, 0.1) is 12.7 Å². The Labute approximate surface area is 81.8 Å². The van der Waals surface area contributed by atoms with Crippen molar-refractivity contribution in [2.45, 2.75) is 13.0 Å².